The Hall–Kier alpha value is -1.75. The Bertz CT molecular complexity index is 413. The molecule has 0 aromatic carbocycles. The van der Waals surface area contributed by atoms with Crippen LogP contribution in [0.5, 0.6) is 0 Å². The van der Waals surface area contributed by atoms with Gasteiger partial charge in [-0.2, -0.15) is 0 Å². The van der Waals surface area contributed by atoms with Gasteiger partial charge in [0.2, 0.25) is 0 Å². The molecule has 0 aliphatic carbocycles. The molecule has 1 saturated heterocycles. The Kier molecular flexibility index (Phi) is 2.24. The highest BCUT2D eigenvalue weighted by atomic mass is 32.1. The third-order valence-corrected chi connectivity index (χ3v) is 1.94. The van der Waals surface area contributed by atoms with E-state index in [0.29, 0.717) is 10.8 Å². The Labute approximate surface area is 86.0 Å². The van der Waals surface area contributed by atoms with Crippen LogP contribution in [0, 0.1) is 0 Å². The third kappa shape index (κ3) is 1.77. The molecule has 5 heteroatoms. The fourth-order valence-electron chi connectivity index (χ4n) is 1.11. The number of thiocarbonyl (C=S) groups is 1. The second kappa shape index (κ2) is 3.55. The summed E-state index contributed by atoms with van der Waals surface area (Å²) >= 11 is 4.79. The quantitative estimate of drug-likeness (QED) is 0.515. The standard InChI is InChI=1S/C9H7N3OS/c13-8-7(11-9(14)12-8)5-6-1-3-10-4-2-6/h1-5H,(H2,11,12,13,14). The van der Waals surface area contributed by atoms with Gasteiger partial charge in [0.25, 0.3) is 5.91 Å². The van der Waals surface area contributed by atoms with Crippen molar-refractivity contribution in [3.05, 3.63) is 35.8 Å². The van der Waals surface area contributed by atoms with Crippen LogP contribution in [0.4, 0.5) is 0 Å². The number of hydrogen-bond donors (Lipinski definition) is 2. The summed E-state index contributed by atoms with van der Waals surface area (Å²) < 4.78 is 0. The number of pyridine rings is 1. The number of nitrogens with one attached hydrogen (secondary N) is 2. The number of rotatable bonds is 1. The molecule has 1 aromatic rings. The van der Waals surface area contributed by atoms with Gasteiger partial charge in [-0.15, -0.1) is 0 Å². The van der Waals surface area contributed by atoms with Gasteiger partial charge in [0.05, 0.1) is 0 Å². The van der Waals surface area contributed by atoms with Gasteiger partial charge in [-0.3, -0.25) is 15.1 Å². The predicted molar refractivity (Wildman–Crippen MR) is 56.1 cm³/mol. The topological polar surface area (TPSA) is 54.0 Å². The van der Waals surface area contributed by atoms with Crippen LogP contribution in [0.15, 0.2) is 30.2 Å². The van der Waals surface area contributed by atoms with Gasteiger partial charge in [0.15, 0.2) is 5.11 Å². The largest absolute Gasteiger partial charge is 0.328 e. The van der Waals surface area contributed by atoms with Crippen molar-refractivity contribution in [2.75, 3.05) is 0 Å². The minimum absolute atomic E-state index is 0.202. The minimum Gasteiger partial charge on any atom is -0.328 e. The van der Waals surface area contributed by atoms with Crippen LogP contribution in [-0.2, 0) is 4.79 Å². The lowest BCUT2D eigenvalue weighted by atomic mass is 10.2. The average molecular weight is 205 g/mol. The molecule has 1 aromatic heterocycles. The highest BCUT2D eigenvalue weighted by Crippen LogP contribution is 2.06. The molecule has 0 saturated carbocycles. The summed E-state index contributed by atoms with van der Waals surface area (Å²) in [6, 6.07) is 3.62. The third-order valence-electron chi connectivity index (χ3n) is 1.74. The monoisotopic (exact) mass is 205 g/mol. The van der Waals surface area contributed by atoms with E-state index in [1.165, 1.54) is 0 Å². The van der Waals surface area contributed by atoms with Crippen molar-refractivity contribution < 1.29 is 4.79 Å². The Balaban J connectivity index is 2.28. The summed E-state index contributed by atoms with van der Waals surface area (Å²) in [4.78, 5) is 15.1. The van der Waals surface area contributed by atoms with E-state index in [1.807, 2.05) is 12.1 Å². The maximum atomic E-state index is 11.2. The smallest absolute Gasteiger partial charge is 0.273 e. The van der Waals surface area contributed by atoms with Crippen molar-refractivity contribution in [2.45, 2.75) is 0 Å². The molecule has 1 amide bonds. The molecular weight excluding hydrogens is 198 g/mol. The molecule has 1 aliphatic rings. The van der Waals surface area contributed by atoms with Crippen molar-refractivity contribution in [3.63, 3.8) is 0 Å². The van der Waals surface area contributed by atoms with E-state index < -0.39 is 0 Å². The van der Waals surface area contributed by atoms with E-state index in [0.717, 1.165) is 5.56 Å². The highest BCUT2D eigenvalue weighted by Gasteiger charge is 2.19. The van der Waals surface area contributed by atoms with Crippen molar-refractivity contribution >= 4 is 29.3 Å². The zero-order chi connectivity index (χ0) is 9.97. The number of amides is 1. The van der Waals surface area contributed by atoms with Crippen molar-refractivity contribution in [1.82, 2.24) is 15.6 Å². The summed E-state index contributed by atoms with van der Waals surface area (Å²) in [5, 5.41) is 5.59. The number of aromatic nitrogens is 1. The molecule has 0 atom stereocenters. The van der Waals surface area contributed by atoms with Crippen LogP contribution in [0.1, 0.15) is 5.56 Å². The molecule has 1 aliphatic heterocycles. The number of carbonyl (C=O) groups excluding carboxylic acids is 1. The molecule has 0 radical (unpaired) electrons. The maximum absolute atomic E-state index is 11.2. The summed E-state index contributed by atoms with van der Waals surface area (Å²) in [5.74, 6) is -0.202. The van der Waals surface area contributed by atoms with Crippen LogP contribution >= 0.6 is 12.2 Å². The molecule has 2 N–H and O–H groups in total. The van der Waals surface area contributed by atoms with Gasteiger partial charge in [0, 0.05) is 12.4 Å². The second-order valence-corrected chi connectivity index (χ2v) is 3.16. The fraction of sp³-hybridized carbons (Fsp3) is 0. The minimum atomic E-state index is -0.202. The second-order valence-electron chi connectivity index (χ2n) is 2.75. The first-order valence-corrected chi connectivity index (χ1v) is 4.40. The highest BCUT2D eigenvalue weighted by molar-refractivity contribution is 7.80. The number of carbonyl (C=O) groups is 1. The Morgan fingerprint density at radius 1 is 1.29 bits per heavy atom. The first-order chi connectivity index (χ1) is 6.75. The van der Waals surface area contributed by atoms with E-state index in [9.17, 15) is 4.79 Å². The summed E-state index contributed by atoms with van der Waals surface area (Å²) in [6.45, 7) is 0. The molecular formula is C9H7N3OS. The van der Waals surface area contributed by atoms with Crippen molar-refractivity contribution in [1.29, 1.82) is 0 Å². The number of hydrogen-bond acceptors (Lipinski definition) is 3. The van der Waals surface area contributed by atoms with Gasteiger partial charge >= 0.3 is 0 Å². The van der Waals surface area contributed by atoms with E-state index in [4.69, 9.17) is 12.2 Å². The van der Waals surface area contributed by atoms with Gasteiger partial charge in [-0.1, -0.05) is 0 Å². The lowest BCUT2D eigenvalue weighted by Crippen LogP contribution is -2.21. The molecule has 0 spiro atoms. The molecule has 2 rings (SSSR count). The summed E-state index contributed by atoms with van der Waals surface area (Å²) in [6.07, 6.45) is 5.05. The normalized spacial score (nSPS) is 18.1. The van der Waals surface area contributed by atoms with Crippen LogP contribution in [0.3, 0.4) is 0 Å². The van der Waals surface area contributed by atoms with E-state index in [-0.39, 0.29) is 5.91 Å². The van der Waals surface area contributed by atoms with Crippen LogP contribution in [-0.4, -0.2) is 16.0 Å². The van der Waals surface area contributed by atoms with Crippen LogP contribution in [0.25, 0.3) is 6.08 Å². The molecule has 70 valence electrons. The summed E-state index contributed by atoms with van der Waals surface area (Å²) in [7, 11) is 0. The van der Waals surface area contributed by atoms with Gasteiger partial charge in [0.1, 0.15) is 5.70 Å². The Morgan fingerprint density at radius 3 is 2.57 bits per heavy atom. The predicted octanol–water partition coefficient (Wildman–Crippen LogP) is 0.427. The van der Waals surface area contributed by atoms with Crippen molar-refractivity contribution in [3.8, 4) is 0 Å². The van der Waals surface area contributed by atoms with E-state index >= 15 is 0 Å². The van der Waals surface area contributed by atoms with Crippen molar-refractivity contribution in [2.24, 2.45) is 0 Å². The molecule has 0 bridgehead atoms. The van der Waals surface area contributed by atoms with Gasteiger partial charge < -0.3 is 5.32 Å². The maximum Gasteiger partial charge on any atom is 0.273 e. The zero-order valence-corrected chi connectivity index (χ0v) is 7.97. The number of nitrogens with zero attached hydrogens (tertiary/aromatic N) is 1. The summed E-state index contributed by atoms with van der Waals surface area (Å²) in [5.41, 5.74) is 1.36. The van der Waals surface area contributed by atoms with E-state index in [2.05, 4.69) is 15.6 Å². The zero-order valence-electron chi connectivity index (χ0n) is 7.15. The van der Waals surface area contributed by atoms with Gasteiger partial charge in [-0.05, 0) is 36.0 Å². The molecule has 4 nitrogen and oxygen atoms in total. The van der Waals surface area contributed by atoms with Crippen LogP contribution < -0.4 is 10.6 Å². The van der Waals surface area contributed by atoms with Crippen LogP contribution in [0.2, 0.25) is 0 Å². The molecule has 1 fully saturated rings. The fourth-order valence-corrected chi connectivity index (χ4v) is 1.31. The molecule has 14 heavy (non-hydrogen) atoms. The first-order valence-electron chi connectivity index (χ1n) is 4.00. The lowest BCUT2D eigenvalue weighted by Gasteiger charge is -1.94. The molecule has 2 heterocycles. The average Bonchev–Trinajstić information content (AvgIpc) is 2.47. The molecule has 0 unspecified atom stereocenters. The van der Waals surface area contributed by atoms with E-state index in [1.54, 1.807) is 18.5 Å². The van der Waals surface area contributed by atoms with Gasteiger partial charge in [-0.25, -0.2) is 0 Å². The lowest BCUT2D eigenvalue weighted by molar-refractivity contribution is -0.115. The first kappa shape index (κ1) is 8.83. The Morgan fingerprint density at radius 2 is 2.00 bits per heavy atom. The SMILES string of the molecule is O=C1NC(=S)NC1=Cc1ccncc1.